The molecule has 0 fully saturated rings. The van der Waals surface area contributed by atoms with Crippen molar-refractivity contribution in [1.29, 1.82) is 0 Å². The number of aromatic hydroxyl groups is 1. The van der Waals surface area contributed by atoms with Gasteiger partial charge in [0.25, 0.3) is 0 Å². The van der Waals surface area contributed by atoms with Crippen molar-refractivity contribution in [1.82, 2.24) is 5.32 Å². The van der Waals surface area contributed by atoms with Gasteiger partial charge < -0.3 is 10.4 Å². The van der Waals surface area contributed by atoms with E-state index < -0.39 is 0 Å². The van der Waals surface area contributed by atoms with Crippen LogP contribution in [0, 0.1) is 0 Å². The zero-order chi connectivity index (χ0) is 12.8. The summed E-state index contributed by atoms with van der Waals surface area (Å²) in [6.07, 6.45) is 1.17. The molecule has 1 amide bonds. The number of phenolic OH excluding ortho intramolecular Hbond substituents is 1. The Morgan fingerprint density at radius 2 is 2.17 bits per heavy atom. The van der Waals surface area contributed by atoms with E-state index in [1.54, 1.807) is 29.5 Å². The van der Waals surface area contributed by atoms with Gasteiger partial charge in [0.1, 0.15) is 5.75 Å². The predicted molar refractivity (Wildman–Crippen MR) is 72.8 cm³/mol. The molecule has 0 aliphatic carbocycles. The Morgan fingerprint density at radius 3 is 2.89 bits per heavy atom. The van der Waals surface area contributed by atoms with E-state index in [2.05, 4.69) is 11.4 Å². The van der Waals surface area contributed by atoms with Gasteiger partial charge in [0.2, 0.25) is 5.91 Å². The molecule has 2 aromatic rings. The molecule has 1 heterocycles. The molecular formula is C14H15NO2S. The summed E-state index contributed by atoms with van der Waals surface area (Å²) in [5.74, 6) is 0.177. The summed E-state index contributed by atoms with van der Waals surface area (Å²) in [5.41, 5.74) is 0.823. The van der Waals surface area contributed by atoms with Crippen LogP contribution in [-0.2, 0) is 17.6 Å². The van der Waals surface area contributed by atoms with Gasteiger partial charge in [0.15, 0.2) is 0 Å². The summed E-state index contributed by atoms with van der Waals surface area (Å²) in [7, 11) is 0. The molecule has 0 aliphatic heterocycles. The molecule has 0 spiro atoms. The molecule has 2 rings (SSSR count). The van der Waals surface area contributed by atoms with E-state index in [-0.39, 0.29) is 11.7 Å². The van der Waals surface area contributed by atoms with Crippen molar-refractivity contribution in [2.75, 3.05) is 6.54 Å². The van der Waals surface area contributed by atoms with Crippen molar-refractivity contribution in [2.45, 2.75) is 12.8 Å². The Labute approximate surface area is 110 Å². The summed E-state index contributed by atoms with van der Waals surface area (Å²) in [6, 6.07) is 10.8. The van der Waals surface area contributed by atoms with Crippen LogP contribution in [0.4, 0.5) is 0 Å². The molecule has 3 nitrogen and oxygen atoms in total. The Balaban J connectivity index is 1.75. The van der Waals surface area contributed by atoms with E-state index in [1.165, 1.54) is 4.88 Å². The number of phenols is 1. The van der Waals surface area contributed by atoms with Gasteiger partial charge in [-0.15, -0.1) is 11.3 Å². The molecule has 4 heteroatoms. The van der Waals surface area contributed by atoms with Gasteiger partial charge in [0, 0.05) is 11.4 Å². The highest BCUT2D eigenvalue weighted by Crippen LogP contribution is 2.11. The number of rotatable bonds is 5. The Morgan fingerprint density at radius 1 is 1.28 bits per heavy atom. The van der Waals surface area contributed by atoms with Crippen molar-refractivity contribution in [2.24, 2.45) is 0 Å². The van der Waals surface area contributed by atoms with Crippen molar-refractivity contribution in [3.05, 3.63) is 52.2 Å². The van der Waals surface area contributed by atoms with Crippen molar-refractivity contribution in [3.63, 3.8) is 0 Å². The minimum absolute atomic E-state index is 0.0165. The fourth-order valence-corrected chi connectivity index (χ4v) is 2.40. The maximum absolute atomic E-state index is 11.7. The van der Waals surface area contributed by atoms with Crippen LogP contribution in [0.15, 0.2) is 41.8 Å². The summed E-state index contributed by atoms with van der Waals surface area (Å²) in [4.78, 5) is 12.9. The number of hydrogen-bond acceptors (Lipinski definition) is 3. The standard InChI is InChI=1S/C14H15NO2S/c16-12-4-1-3-11(9-12)10-14(17)15-7-6-13-5-2-8-18-13/h1-5,8-9,16H,6-7,10H2,(H,15,17). The Hall–Kier alpha value is -1.81. The second-order valence-corrected chi connectivity index (χ2v) is 5.06. The van der Waals surface area contributed by atoms with Crippen LogP contribution >= 0.6 is 11.3 Å². The third kappa shape index (κ3) is 3.89. The summed E-state index contributed by atoms with van der Waals surface area (Å²) in [6.45, 7) is 0.651. The van der Waals surface area contributed by atoms with E-state index in [9.17, 15) is 9.90 Å². The normalized spacial score (nSPS) is 10.2. The molecule has 1 aromatic carbocycles. The number of carbonyl (C=O) groups excluding carboxylic acids is 1. The summed E-state index contributed by atoms with van der Waals surface area (Å²) >= 11 is 1.70. The molecule has 0 saturated heterocycles. The molecule has 0 radical (unpaired) electrons. The second kappa shape index (κ2) is 6.21. The van der Waals surface area contributed by atoms with E-state index in [4.69, 9.17) is 0 Å². The van der Waals surface area contributed by atoms with Crippen LogP contribution in [0.2, 0.25) is 0 Å². The fourth-order valence-electron chi connectivity index (χ4n) is 1.69. The lowest BCUT2D eigenvalue weighted by molar-refractivity contribution is -0.120. The van der Waals surface area contributed by atoms with Crippen LogP contribution < -0.4 is 5.32 Å². The van der Waals surface area contributed by atoms with Gasteiger partial charge >= 0.3 is 0 Å². The number of carbonyl (C=O) groups is 1. The van der Waals surface area contributed by atoms with Crippen molar-refractivity contribution < 1.29 is 9.90 Å². The molecule has 0 bridgehead atoms. The van der Waals surface area contributed by atoms with Crippen molar-refractivity contribution in [3.8, 4) is 5.75 Å². The number of thiophene rings is 1. The van der Waals surface area contributed by atoms with Gasteiger partial charge in [-0.05, 0) is 35.6 Å². The maximum Gasteiger partial charge on any atom is 0.224 e. The highest BCUT2D eigenvalue weighted by Gasteiger charge is 2.03. The predicted octanol–water partition coefficient (Wildman–Crippen LogP) is 2.36. The molecule has 0 unspecified atom stereocenters. The average molecular weight is 261 g/mol. The first-order valence-corrected chi connectivity index (χ1v) is 6.69. The highest BCUT2D eigenvalue weighted by atomic mass is 32.1. The quantitative estimate of drug-likeness (QED) is 0.868. The van der Waals surface area contributed by atoms with Gasteiger partial charge in [-0.25, -0.2) is 0 Å². The summed E-state index contributed by atoms with van der Waals surface area (Å²) < 4.78 is 0. The lowest BCUT2D eigenvalue weighted by Gasteiger charge is -2.04. The Kier molecular flexibility index (Phi) is 4.36. The topological polar surface area (TPSA) is 49.3 Å². The Bertz CT molecular complexity index is 508. The van der Waals surface area contributed by atoms with Crippen LogP contribution in [0.3, 0.4) is 0 Å². The summed E-state index contributed by atoms with van der Waals surface area (Å²) in [5, 5.41) is 14.2. The number of amides is 1. The molecule has 0 saturated carbocycles. The molecule has 94 valence electrons. The van der Waals surface area contributed by atoms with E-state index in [1.807, 2.05) is 17.5 Å². The molecule has 2 N–H and O–H groups in total. The number of hydrogen-bond donors (Lipinski definition) is 2. The lowest BCUT2D eigenvalue weighted by Crippen LogP contribution is -2.27. The van der Waals surface area contributed by atoms with E-state index in [0.717, 1.165) is 12.0 Å². The molecule has 0 atom stereocenters. The number of benzene rings is 1. The monoisotopic (exact) mass is 261 g/mol. The first-order valence-electron chi connectivity index (χ1n) is 5.81. The second-order valence-electron chi connectivity index (χ2n) is 4.03. The minimum atomic E-state index is -0.0165. The van der Waals surface area contributed by atoms with Gasteiger partial charge in [-0.2, -0.15) is 0 Å². The first-order chi connectivity index (χ1) is 8.74. The smallest absolute Gasteiger partial charge is 0.224 e. The van der Waals surface area contributed by atoms with Crippen LogP contribution in [-0.4, -0.2) is 17.6 Å². The maximum atomic E-state index is 11.7. The largest absolute Gasteiger partial charge is 0.508 e. The van der Waals surface area contributed by atoms with Gasteiger partial charge in [0.05, 0.1) is 6.42 Å². The molecule has 18 heavy (non-hydrogen) atoms. The zero-order valence-corrected chi connectivity index (χ0v) is 10.7. The fraction of sp³-hybridized carbons (Fsp3) is 0.214. The highest BCUT2D eigenvalue weighted by molar-refractivity contribution is 7.09. The minimum Gasteiger partial charge on any atom is -0.508 e. The van der Waals surface area contributed by atoms with E-state index in [0.29, 0.717) is 13.0 Å². The van der Waals surface area contributed by atoms with E-state index >= 15 is 0 Å². The van der Waals surface area contributed by atoms with Crippen LogP contribution in [0.1, 0.15) is 10.4 Å². The zero-order valence-electron chi connectivity index (χ0n) is 9.93. The molecule has 1 aromatic heterocycles. The SMILES string of the molecule is O=C(Cc1cccc(O)c1)NCCc1cccs1. The number of nitrogens with one attached hydrogen (secondary N) is 1. The third-order valence-electron chi connectivity index (χ3n) is 2.55. The van der Waals surface area contributed by atoms with Gasteiger partial charge in [-0.3, -0.25) is 4.79 Å². The average Bonchev–Trinajstić information content (AvgIpc) is 2.82. The van der Waals surface area contributed by atoms with Crippen LogP contribution in [0.25, 0.3) is 0 Å². The third-order valence-corrected chi connectivity index (χ3v) is 3.49. The first kappa shape index (κ1) is 12.6. The lowest BCUT2D eigenvalue weighted by atomic mass is 10.1. The van der Waals surface area contributed by atoms with Gasteiger partial charge in [-0.1, -0.05) is 18.2 Å². The van der Waals surface area contributed by atoms with Crippen molar-refractivity contribution >= 4 is 17.2 Å². The van der Waals surface area contributed by atoms with Crippen LogP contribution in [0.5, 0.6) is 5.75 Å². The molecular weight excluding hydrogens is 246 g/mol. The molecule has 0 aliphatic rings.